The minimum absolute atomic E-state index is 0.0346. The van der Waals surface area contributed by atoms with Crippen LogP contribution in [0, 0.1) is 0 Å². The van der Waals surface area contributed by atoms with Crippen molar-refractivity contribution in [3.8, 4) is 5.75 Å². The second-order valence-corrected chi connectivity index (χ2v) is 4.68. The van der Waals surface area contributed by atoms with E-state index in [9.17, 15) is 0 Å². The molecule has 0 fully saturated rings. The van der Waals surface area contributed by atoms with Gasteiger partial charge >= 0.3 is 0 Å². The molecule has 0 saturated heterocycles. The molecule has 0 heterocycles. The molecule has 1 rings (SSSR count). The summed E-state index contributed by atoms with van der Waals surface area (Å²) >= 11 is 0. The van der Waals surface area contributed by atoms with Crippen LogP contribution in [0.3, 0.4) is 0 Å². The fraction of sp³-hybridized carbons (Fsp3) is 0.647. The fourth-order valence-electron chi connectivity index (χ4n) is 2.25. The molecule has 0 saturated carbocycles. The SMILES string of the molecule is CCCNC(c1ccccc1OCC)C(OCC)OCC. The van der Waals surface area contributed by atoms with E-state index in [0.717, 1.165) is 24.3 Å². The molecule has 0 radical (unpaired) electrons. The van der Waals surface area contributed by atoms with Crippen LogP contribution in [0.4, 0.5) is 0 Å². The molecule has 0 aliphatic carbocycles. The fourth-order valence-corrected chi connectivity index (χ4v) is 2.25. The van der Waals surface area contributed by atoms with E-state index in [2.05, 4.69) is 18.3 Å². The maximum atomic E-state index is 5.79. The van der Waals surface area contributed by atoms with Crippen LogP contribution in [-0.2, 0) is 9.47 Å². The van der Waals surface area contributed by atoms with Gasteiger partial charge < -0.3 is 19.5 Å². The highest BCUT2D eigenvalue weighted by Crippen LogP contribution is 2.29. The zero-order chi connectivity index (χ0) is 15.5. The Balaban J connectivity index is 3.04. The highest BCUT2D eigenvalue weighted by molar-refractivity contribution is 5.36. The summed E-state index contributed by atoms with van der Waals surface area (Å²) in [4.78, 5) is 0. The van der Waals surface area contributed by atoms with Gasteiger partial charge in [-0.15, -0.1) is 0 Å². The van der Waals surface area contributed by atoms with Crippen molar-refractivity contribution >= 4 is 0 Å². The van der Waals surface area contributed by atoms with E-state index < -0.39 is 0 Å². The molecule has 0 spiro atoms. The second-order valence-electron chi connectivity index (χ2n) is 4.68. The van der Waals surface area contributed by atoms with Crippen LogP contribution in [0.25, 0.3) is 0 Å². The highest BCUT2D eigenvalue weighted by Gasteiger charge is 2.26. The average molecular weight is 295 g/mol. The van der Waals surface area contributed by atoms with Crippen molar-refractivity contribution in [2.45, 2.75) is 46.4 Å². The molecule has 4 nitrogen and oxygen atoms in total. The van der Waals surface area contributed by atoms with Crippen LogP contribution < -0.4 is 10.1 Å². The normalized spacial score (nSPS) is 12.6. The lowest BCUT2D eigenvalue weighted by Crippen LogP contribution is -2.36. The molecule has 1 unspecified atom stereocenters. The first-order chi connectivity index (χ1) is 10.3. The summed E-state index contributed by atoms with van der Waals surface area (Å²) in [5.74, 6) is 0.887. The summed E-state index contributed by atoms with van der Waals surface area (Å²) in [6.07, 6.45) is 0.742. The zero-order valence-corrected chi connectivity index (χ0v) is 13.7. The lowest BCUT2D eigenvalue weighted by Gasteiger charge is -2.29. The maximum absolute atomic E-state index is 5.79. The number of hydrogen-bond donors (Lipinski definition) is 1. The number of para-hydroxylation sites is 1. The third-order valence-corrected chi connectivity index (χ3v) is 3.10. The monoisotopic (exact) mass is 295 g/mol. The van der Waals surface area contributed by atoms with Crippen molar-refractivity contribution in [3.05, 3.63) is 29.8 Å². The molecule has 0 bridgehead atoms. The Bertz CT molecular complexity index is 378. The van der Waals surface area contributed by atoms with E-state index in [1.54, 1.807) is 0 Å². The Hall–Kier alpha value is -1.10. The van der Waals surface area contributed by atoms with Gasteiger partial charge in [0.1, 0.15) is 5.75 Å². The van der Waals surface area contributed by atoms with Crippen LogP contribution in [0.5, 0.6) is 5.75 Å². The van der Waals surface area contributed by atoms with Gasteiger partial charge in [0, 0.05) is 18.8 Å². The lowest BCUT2D eigenvalue weighted by molar-refractivity contribution is -0.155. The molecule has 0 aliphatic heterocycles. The molecule has 0 amide bonds. The minimum Gasteiger partial charge on any atom is -0.494 e. The van der Waals surface area contributed by atoms with Crippen molar-refractivity contribution < 1.29 is 14.2 Å². The van der Waals surface area contributed by atoms with Crippen molar-refractivity contribution in [2.24, 2.45) is 0 Å². The number of ether oxygens (including phenoxy) is 3. The number of hydrogen-bond acceptors (Lipinski definition) is 4. The van der Waals surface area contributed by atoms with E-state index in [1.165, 1.54) is 0 Å². The number of rotatable bonds is 11. The maximum Gasteiger partial charge on any atom is 0.176 e. The summed E-state index contributed by atoms with van der Waals surface area (Å²) in [7, 11) is 0. The first kappa shape index (κ1) is 18.0. The molecular weight excluding hydrogens is 266 g/mol. The van der Waals surface area contributed by atoms with E-state index in [0.29, 0.717) is 19.8 Å². The third kappa shape index (κ3) is 5.65. The van der Waals surface area contributed by atoms with Crippen LogP contribution >= 0.6 is 0 Å². The van der Waals surface area contributed by atoms with Gasteiger partial charge in [0.15, 0.2) is 6.29 Å². The number of benzene rings is 1. The molecule has 21 heavy (non-hydrogen) atoms. The van der Waals surface area contributed by atoms with Gasteiger partial charge in [0.2, 0.25) is 0 Å². The Morgan fingerprint density at radius 2 is 1.62 bits per heavy atom. The Labute approximate surface area is 128 Å². The topological polar surface area (TPSA) is 39.7 Å². The van der Waals surface area contributed by atoms with E-state index >= 15 is 0 Å². The van der Waals surface area contributed by atoms with Crippen molar-refractivity contribution in [1.29, 1.82) is 0 Å². The van der Waals surface area contributed by atoms with E-state index in [4.69, 9.17) is 14.2 Å². The molecule has 1 aromatic carbocycles. The summed E-state index contributed by atoms with van der Waals surface area (Å²) in [6.45, 7) is 10.9. The molecule has 1 aromatic rings. The van der Waals surface area contributed by atoms with Crippen molar-refractivity contribution in [2.75, 3.05) is 26.4 Å². The van der Waals surface area contributed by atoms with Crippen LogP contribution in [0.15, 0.2) is 24.3 Å². The van der Waals surface area contributed by atoms with Gasteiger partial charge in [-0.05, 0) is 39.8 Å². The minimum atomic E-state index is -0.312. The average Bonchev–Trinajstić information content (AvgIpc) is 2.50. The summed E-state index contributed by atoms with van der Waals surface area (Å²) in [5, 5.41) is 3.52. The predicted molar refractivity (Wildman–Crippen MR) is 85.7 cm³/mol. The molecule has 120 valence electrons. The van der Waals surface area contributed by atoms with Crippen LogP contribution in [-0.4, -0.2) is 32.7 Å². The van der Waals surface area contributed by atoms with Crippen LogP contribution in [0.1, 0.15) is 45.7 Å². The van der Waals surface area contributed by atoms with Crippen molar-refractivity contribution in [3.63, 3.8) is 0 Å². The first-order valence-corrected chi connectivity index (χ1v) is 7.96. The smallest absolute Gasteiger partial charge is 0.176 e. The van der Waals surface area contributed by atoms with Crippen molar-refractivity contribution in [1.82, 2.24) is 5.32 Å². The predicted octanol–water partition coefficient (Wildman–Crippen LogP) is 3.53. The van der Waals surface area contributed by atoms with E-state index in [1.807, 2.05) is 39.0 Å². The van der Waals surface area contributed by atoms with Crippen LogP contribution in [0.2, 0.25) is 0 Å². The second kappa shape index (κ2) is 10.6. The summed E-state index contributed by atoms with van der Waals surface area (Å²) < 4.78 is 17.3. The third-order valence-electron chi connectivity index (χ3n) is 3.10. The molecular formula is C17H29NO3. The van der Waals surface area contributed by atoms with Gasteiger partial charge in [-0.2, -0.15) is 0 Å². The summed E-state index contributed by atoms with van der Waals surface area (Å²) in [6, 6.07) is 8.04. The molecule has 4 heteroatoms. The van der Waals surface area contributed by atoms with Gasteiger partial charge in [-0.1, -0.05) is 25.1 Å². The lowest BCUT2D eigenvalue weighted by atomic mass is 10.0. The summed E-state index contributed by atoms with van der Waals surface area (Å²) in [5.41, 5.74) is 1.08. The Morgan fingerprint density at radius 3 is 2.19 bits per heavy atom. The van der Waals surface area contributed by atoms with Gasteiger partial charge in [-0.25, -0.2) is 0 Å². The van der Waals surface area contributed by atoms with Gasteiger partial charge in [0.25, 0.3) is 0 Å². The largest absolute Gasteiger partial charge is 0.494 e. The first-order valence-electron chi connectivity index (χ1n) is 7.96. The molecule has 0 aliphatic rings. The molecule has 0 aromatic heterocycles. The molecule has 1 N–H and O–H groups in total. The van der Waals surface area contributed by atoms with E-state index in [-0.39, 0.29) is 12.3 Å². The standard InChI is InChI=1S/C17H29NO3/c1-5-13-18-16(17(20-7-3)21-8-4)14-11-9-10-12-15(14)19-6-2/h9-12,16-18H,5-8,13H2,1-4H3. The van der Waals surface area contributed by atoms with Gasteiger partial charge in [0.05, 0.1) is 12.6 Å². The molecule has 1 atom stereocenters. The Morgan fingerprint density at radius 1 is 0.952 bits per heavy atom. The number of nitrogens with one attached hydrogen (secondary N) is 1. The van der Waals surface area contributed by atoms with Gasteiger partial charge in [-0.3, -0.25) is 0 Å². The quantitative estimate of drug-likeness (QED) is 0.634. The Kier molecular flexibility index (Phi) is 9.06. The highest BCUT2D eigenvalue weighted by atomic mass is 16.7. The zero-order valence-electron chi connectivity index (χ0n) is 13.7.